The molecule has 0 saturated carbocycles. The van der Waals surface area contributed by atoms with Crippen LogP contribution in [-0.2, 0) is 10.5 Å². The number of fused-ring (bicyclic) bond motifs is 1. The van der Waals surface area contributed by atoms with E-state index < -0.39 is 6.04 Å². The molecule has 5 rings (SSSR count). The van der Waals surface area contributed by atoms with E-state index in [1.165, 1.54) is 12.1 Å². The van der Waals surface area contributed by atoms with Crippen molar-refractivity contribution < 1.29 is 18.7 Å². The number of hydrogen-bond donors (Lipinski definition) is 2. The van der Waals surface area contributed by atoms with Crippen LogP contribution in [0.3, 0.4) is 0 Å². The molecule has 192 valence electrons. The van der Waals surface area contributed by atoms with Crippen LogP contribution in [0.4, 0.5) is 21.5 Å². The highest BCUT2D eigenvalue weighted by molar-refractivity contribution is 7.98. The molecule has 1 fully saturated rings. The highest BCUT2D eigenvalue weighted by atomic mass is 32.2. The minimum Gasteiger partial charge on any atom is -0.497 e. The molecule has 3 aromatic carbocycles. The number of hydrogen-bond acceptors (Lipinski definition) is 6. The molecule has 3 aromatic rings. The summed E-state index contributed by atoms with van der Waals surface area (Å²) in [6.45, 7) is 2.74. The van der Waals surface area contributed by atoms with E-state index in [1.807, 2.05) is 41.3 Å². The van der Waals surface area contributed by atoms with Crippen LogP contribution in [0.2, 0.25) is 0 Å². The minimum atomic E-state index is -0.404. The standard InChI is InChI=1S/C28H29FN4O3S/c1-36-23-8-6-22(7-9-23)32-11-13-33(14-12-32)28(35)20-5-10-24-25(16-20)31-27(34)26(30-24)18-37-17-19-3-2-4-21(29)15-19/h2-10,15-16,26,30H,11-14,17-18H2,1H3,(H,31,34)/t26-/m0/s1. The summed E-state index contributed by atoms with van der Waals surface area (Å²) in [5.41, 5.74) is 3.95. The Kier molecular flexibility index (Phi) is 7.50. The summed E-state index contributed by atoms with van der Waals surface area (Å²) in [7, 11) is 1.65. The molecule has 9 heteroatoms. The van der Waals surface area contributed by atoms with Crippen molar-refractivity contribution in [3.8, 4) is 5.75 Å². The molecule has 7 nitrogen and oxygen atoms in total. The molecule has 2 aliphatic heterocycles. The number of nitrogens with zero attached hydrogens (tertiary/aromatic N) is 2. The highest BCUT2D eigenvalue weighted by Gasteiger charge is 2.28. The van der Waals surface area contributed by atoms with Gasteiger partial charge in [-0.2, -0.15) is 11.8 Å². The molecule has 0 radical (unpaired) electrons. The van der Waals surface area contributed by atoms with E-state index in [1.54, 1.807) is 37.1 Å². The smallest absolute Gasteiger partial charge is 0.254 e. The van der Waals surface area contributed by atoms with Gasteiger partial charge in [0.15, 0.2) is 0 Å². The normalized spacial score (nSPS) is 17.0. The number of methoxy groups -OCH3 is 1. The molecular formula is C28H29FN4O3S. The fourth-order valence-corrected chi connectivity index (χ4v) is 5.57. The molecule has 0 bridgehead atoms. The summed E-state index contributed by atoms with van der Waals surface area (Å²) in [5, 5.41) is 6.21. The van der Waals surface area contributed by atoms with Gasteiger partial charge < -0.3 is 25.2 Å². The van der Waals surface area contributed by atoms with Crippen LogP contribution in [0.1, 0.15) is 15.9 Å². The lowest BCUT2D eigenvalue weighted by Crippen LogP contribution is -2.48. The van der Waals surface area contributed by atoms with E-state index in [4.69, 9.17) is 4.74 Å². The fourth-order valence-electron chi connectivity index (χ4n) is 4.56. The van der Waals surface area contributed by atoms with Crippen LogP contribution in [0.25, 0.3) is 0 Å². The number of carbonyl (C=O) groups is 2. The molecule has 1 atom stereocenters. The Morgan fingerprint density at radius 3 is 2.54 bits per heavy atom. The van der Waals surface area contributed by atoms with Crippen molar-refractivity contribution in [3.05, 3.63) is 83.7 Å². The lowest BCUT2D eigenvalue weighted by molar-refractivity contribution is -0.116. The molecule has 1 saturated heterocycles. The van der Waals surface area contributed by atoms with E-state index in [2.05, 4.69) is 15.5 Å². The summed E-state index contributed by atoms with van der Waals surface area (Å²) in [6, 6.07) is 19.4. The number of halogens is 1. The van der Waals surface area contributed by atoms with Crippen LogP contribution in [-0.4, -0.2) is 61.8 Å². The topological polar surface area (TPSA) is 73.9 Å². The third-order valence-corrected chi connectivity index (χ3v) is 7.72. The third-order valence-electron chi connectivity index (χ3n) is 6.62. The third kappa shape index (κ3) is 5.83. The molecule has 37 heavy (non-hydrogen) atoms. The van der Waals surface area contributed by atoms with Gasteiger partial charge in [0.25, 0.3) is 5.91 Å². The van der Waals surface area contributed by atoms with Crippen molar-refractivity contribution in [2.45, 2.75) is 11.8 Å². The van der Waals surface area contributed by atoms with Crippen molar-refractivity contribution in [1.29, 1.82) is 0 Å². The second-order valence-electron chi connectivity index (χ2n) is 9.07. The SMILES string of the molecule is COc1ccc(N2CCN(C(=O)c3ccc4c(c3)NC(=O)[C@H](CSCc3cccc(F)c3)N4)CC2)cc1. The van der Waals surface area contributed by atoms with E-state index in [0.29, 0.717) is 35.8 Å². The average Bonchev–Trinajstić information content (AvgIpc) is 2.93. The molecular weight excluding hydrogens is 491 g/mol. The van der Waals surface area contributed by atoms with Gasteiger partial charge in [0.05, 0.1) is 18.5 Å². The zero-order valence-corrected chi connectivity index (χ0v) is 21.4. The van der Waals surface area contributed by atoms with Crippen LogP contribution in [0.15, 0.2) is 66.7 Å². The first kappa shape index (κ1) is 25.0. The molecule has 0 spiro atoms. The van der Waals surface area contributed by atoms with Gasteiger partial charge in [-0.3, -0.25) is 9.59 Å². The van der Waals surface area contributed by atoms with Gasteiger partial charge in [0.1, 0.15) is 17.6 Å². The van der Waals surface area contributed by atoms with Gasteiger partial charge in [-0.05, 0) is 60.2 Å². The molecule has 2 N–H and O–H groups in total. The van der Waals surface area contributed by atoms with Gasteiger partial charge in [0, 0.05) is 48.9 Å². The zero-order chi connectivity index (χ0) is 25.8. The summed E-state index contributed by atoms with van der Waals surface area (Å²) >= 11 is 1.57. The molecule has 2 aliphatic rings. The monoisotopic (exact) mass is 520 g/mol. The Hall–Kier alpha value is -3.72. The fraction of sp³-hybridized carbons (Fsp3) is 0.286. The highest BCUT2D eigenvalue weighted by Crippen LogP contribution is 2.30. The van der Waals surface area contributed by atoms with E-state index in [9.17, 15) is 14.0 Å². The number of thioether (sulfide) groups is 1. The maximum Gasteiger partial charge on any atom is 0.254 e. The van der Waals surface area contributed by atoms with Crippen molar-refractivity contribution in [2.24, 2.45) is 0 Å². The van der Waals surface area contributed by atoms with Gasteiger partial charge in [-0.15, -0.1) is 0 Å². The van der Waals surface area contributed by atoms with Gasteiger partial charge in [-0.1, -0.05) is 12.1 Å². The largest absolute Gasteiger partial charge is 0.497 e. The summed E-state index contributed by atoms with van der Waals surface area (Å²) in [5.74, 6) is 1.54. The van der Waals surface area contributed by atoms with E-state index >= 15 is 0 Å². The van der Waals surface area contributed by atoms with Crippen molar-refractivity contribution >= 4 is 40.6 Å². The number of amides is 2. The first-order valence-corrected chi connectivity index (χ1v) is 13.4. The number of piperazine rings is 1. The number of nitrogens with one attached hydrogen (secondary N) is 2. The van der Waals surface area contributed by atoms with Crippen LogP contribution < -0.4 is 20.3 Å². The Balaban J connectivity index is 1.16. The molecule has 2 heterocycles. The number of ether oxygens (including phenoxy) is 1. The lowest BCUT2D eigenvalue weighted by atomic mass is 10.1. The summed E-state index contributed by atoms with van der Waals surface area (Å²) in [6.07, 6.45) is 0. The van der Waals surface area contributed by atoms with Crippen molar-refractivity contribution in [1.82, 2.24) is 4.90 Å². The second kappa shape index (κ2) is 11.1. The number of anilines is 3. The number of benzene rings is 3. The second-order valence-corrected chi connectivity index (χ2v) is 10.1. The van der Waals surface area contributed by atoms with Gasteiger partial charge in [-0.25, -0.2) is 4.39 Å². The van der Waals surface area contributed by atoms with E-state index in [0.717, 1.165) is 35.8 Å². The van der Waals surface area contributed by atoms with Crippen molar-refractivity contribution in [3.63, 3.8) is 0 Å². The Labute approximate surface area is 220 Å². The number of rotatable bonds is 7. The quantitative estimate of drug-likeness (QED) is 0.479. The van der Waals surface area contributed by atoms with Gasteiger partial charge in [0.2, 0.25) is 5.91 Å². The maximum atomic E-state index is 13.4. The molecule has 0 aliphatic carbocycles. The average molecular weight is 521 g/mol. The van der Waals surface area contributed by atoms with Crippen LogP contribution >= 0.6 is 11.8 Å². The Morgan fingerprint density at radius 2 is 1.81 bits per heavy atom. The van der Waals surface area contributed by atoms with E-state index in [-0.39, 0.29) is 17.6 Å². The molecule has 0 aromatic heterocycles. The first-order valence-electron chi connectivity index (χ1n) is 12.2. The van der Waals surface area contributed by atoms with Crippen LogP contribution in [0, 0.1) is 5.82 Å². The van der Waals surface area contributed by atoms with Crippen LogP contribution in [0.5, 0.6) is 5.75 Å². The predicted molar refractivity (Wildman–Crippen MR) is 146 cm³/mol. The molecule has 0 unspecified atom stereocenters. The Morgan fingerprint density at radius 1 is 1.03 bits per heavy atom. The van der Waals surface area contributed by atoms with Crippen molar-refractivity contribution in [2.75, 3.05) is 54.6 Å². The molecule has 2 amide bonds. The minimum absolute atomic E-state index is 0.0424. The first-order chi connectivity index (χ1) is 18.0. The van der Waals surface area contributed by atoms with Gasteiger partial charge >= 0.3 is 0 Å². The maximum absolute atomic E-state index is 13.4. The summed E-state index contributed by atoms with van der Waals surface area (Å²) < 4.78 is 18.6. The lowest BCUT2D eigenvalue weighted by Gasteiger charge is -2.36. The number of carbonyl (C=O) groups excluding carboxylic acids is 2. The summed E-state index contributed by atoms with van der Waals surface area (Å²) in [4.78, 5) is 30.0. The Bertz CT molecular complexity index is 1280. The predicted octanol–water partition coefficient (Wildman–Crippen LogP) is 4.46. The zero-order valence-electron chi connectivity index (χ0n) is 20.6.